The van der Waals surface area contributed by atoms with Crippen molar-refractivity contribution in [2.24, 2.45) is 0 Å². The second kappa shape index (κ2) is 14.0. The minimum atomic E-state index is 0.0981. The Morgan fingerprint density at radius 2 is 1.35 bits per heavy atom. The first kappa shape index (κ1) is 16.9. The molecule has 1 amide bonds. The van der Waals surface area contributed by atoms with E-state index in [9.17, 15) is 4.79 Å². The number of nitrogens with one attached hydrogen (secondary N) is 1. The third-order valence-corrected chi connectivity index (χ3v) is 3.48. The van der Waals surface area contributed by atoms with E-state index in [0.717, 1.165) is 13.0 Å². The van der Waals surface area contributed by atoms with Gasteiger partial charge in [0.15, 0.2) is 0 Å². The Morgan fingerprint density at radius 3 is 1.82 bits per heavy atom. The zero-order valence-corrected chi connectivity index (χ0v) is 12.9. The lowest BCUT2D eigenvalue weighted by Gasteiger charge is -2.03. The standard InChI is InChI=1S/C14H28BrNO/c1-2-3-4-5-6-7-8-9-10-11-12-16-14(17)13-15/h2-13H2,1H3,(H,16,17). The number of hydrogen-bond acceptors (Lipinski definition) is 1. The van der Waals surface area contributed by atoms with Crippen LogP contribution in [0.25, 0.3) is 0 Å². The molecule has 0 aromatic rings. The van der Waals surface area contributed by atoms with Gasteiger partial charge in [-0.25, -0.2) is 0 Å². The number of halogens is 1. The van der Waals surface area contributed by atoms with E-state index in [1.54, 1.807) is 0 Å². The monoisotopic (exact) mass is 305 g/mol. The van der Waals surface area contributed by atoms with Crippen LogP contribution in [-0.2, 0) is 4.79 Å². The Labute approximate surface area is 115 Å². The Balaban J connectivity index is 2.96. The number of amides is 1. The summed E-state index contributed by atoms with van der Waals surface area (Å²) in [5.74, 6) is 0.0981. The van der Waals surface area contributed by atoms with Gasteiger partial charge in [0.2, 0.25) is 5.91 Å². The molecule has 0 fully saturated rings. The van der Waals surface area contributed by atoms with E-state index >= 15 is 0 Å². The predicted octanol–water partition coefficient (Wildman–Crippen LogP) is 4.42. The quantitative estimate of drug-likeness (QED) is 0.420. The highest BCUT2D eigenvalue weighted by Crippen LogP contribution is 2.10. The van der Waals surface area contributed by atoms with Crippen LogP contribution >= 0.6 is 15.9 Å². The zero-order chi connectivity index (χ0) is 12.8. The Hall–Kier alpha value is -0.0500. The molecule has 2 nitrogen and oxygen atoms in total. The Morgan fingerprint density at radius 1 is 0.882 bits per heavy atom. The average molecular weight is 306 g/mol. The number of carbonyl (C=O) groups excluding carboxylic acids is 1. The van der Waals surface area contributed by atoms with E-state index in [1.807, 2.05) is 0 Å². The molecule has 1 N–H and O–H groups in total. The first-order valence-corrected chi connectivity index (χ1v) is 8.26. The van der Waals surface area contributed by atoms with Crippen molar-refractivity contribution < 1.29 is 4.79 Å². The van der Waals surface area contributed by atoms with Gasteiger partial charge in [-0.1, -0.05) is 80.6 Å². The first-order valence-electron chi connectivity index (χ1n) is 7.14. The van der Waals surface area contributed by atoms with Crippen LogP contribution in [0.5, 0.6) is 0 Å². The summed E-state index contributed by atoms with van der Waals surface area (Å²) in [4.78, 5) is 10.9. The lowest BCUT2D eigenvalue weighted by Crippen LogP contribution is -2.25. The van der Waals surface area contributed by atoms with Gasteiger partial charge in [-0.15, -0.1) is 0 Å². The third-order valence-electron chi connectivity index (χ3n) is 2.97. The van der Waals surface area contributed by atoms with Crippen molar-refractivity contribution in [1.82, 2.24) is 5.32 Å². The molecule has 0 aliphatic rings. The highest BCUT2D eigenvalue weighted by atomic mass is 79.9. The van der Waals surface area contributed by atoms with Crippen molar-refractivity contribution in [2.45, 2.75) is 71.1 Å². The molecule has 17 heavy (non-hydrogen) atoms. The fraction of sp³-hybridized carbons (Fsp3) is 0.929. The molecule has 0 unspecified atom stereocenters. The lowest BCUT2D eigenvalue weighted by molar-refractivity contribution is -0.118. The fourth-order valence-corrected chi connectivity index (χ4v) is 2.09. The molecule has 0 radical (unpaired) electrons. The summed E-state index contributed by atoms with van der Waals surface area (Å²) in [6.45, 7) is 3.09. The van der Waals surface area contributed by atoms with Crippen molar-refractivity contribution in [3.63, 3.8) is 0 Å². The zero-order valence-electron chi connectivity index (χ0n) is 11.3. The minimum Gasteiger partial charge on any atom is -0.355 e. The van der Waals surface area contributed by atoms with Gasteiger partial charge in [-0.05, 0) is 6.42 Å². The summed E-state index contributed by atoms with van der Waals surface area (Å²) >= 11 is 3.13. The van der Waals surface area contributed by atoms with E-state index in [2.05, 4.69) is 28.2 Å². The fourth-order valence-electron chi connectivity index (χ4n) is 1.89. The number of unbranched alkanes of at least 4 members (excludes halogenated alkanes) is 9. The van der Waals surface area contributed by atoms with Gasteiger partial charge in [0.1, 0.15) is 0 Å². The van der Waals surface area contributed by atoms with Crippen molar-refractivity contribution in [2.75, 3.05) is 11.9 Å². The van der Waals surface area contributed by atoms with Gasteiger partial charge < -0.3 is 5.32 Å². The molecule has 0 saturated heterocycles. The second-order valence-corrected chi connectivity index (χ2v) is 5.23. The van der Waals surface area contributed by atoms with Gasteiger partial charge in [0.05, 0.1) is 5.33 Å². The van der Waals surface area contributed by atoms with Gasteiger partial charge in [-0.3, -0.25) is 4.79 Å². The molecule has 0 aliphatic heterocycles. The van der Waals surface area contributed by atoms with Crippen LogP contribution in [0.3, 0.4) is 0 Å². The van der Waals surface area contributed by atoms with Crippen LogP contribution in [0, 0.1) is 0 Å². The van der Waals surface area contributed by atoms with E-state index in [1.165, 1.54) is 57.8 Å². The first-order chi connectivity index (χ1) is 8.31. The third kappa shape index (κ3) is 13.9. The Bertz CT molecular complexity index is 174. The van der Waals surface area contributed by atoms with Crippen LogP contribution < -0.4 is 5.32 Å². The summed E-state index contributed by atoms with van der Waals surface area (Å²) in [5.41, 5.74) is 0. The summed E-state index contributed by atoms with van der Waals surface area (Å²) in [7, 11) is 0. The minimum absolute atomic E-state index is 0.0981. The van der Waals surface area contributed by atoms with Crippen LogP contribution in [0.1, 0.15) is 71.1 Å². The average Bonchev–Trinajstić information content (AvgIpc) is 2.35. The van der Waals surface area contributed by atoms with Crippen molar-refractivity contribution in [1.29, 1.82) is 0 Å². The number of alkyl halides is 1. The van der Waals surface area contributed by atoms with E-state index in [0.29, 0.717) is 5.33 Å². The highest BCUT2D eigenvalue weighted by Gasteiger charge is 1.96. The van der Waals surface area contributed by atoms with Gasteiger partial charge in [0, 0.05) is 6.54 Å². The smallest absolute Gasteiger partial charge is 0.230 e. The topological polar surface area (TPSA) is 29.1 Å². The van der Waals surface area contributed by atoms with Crippen molar-refractivity contribution in [3.8, 4) is 0 Å². The molecule has 3 heteroatoms. The van der Waals surface area contributed by atoms with Crippen LogP contribution in [0.2, 0.25) is 0 Å². The van der Waals surface area contributed by atoms with E-state index < -0.39 is 0 Å². The molecule has 0 atom stereocenters. The summed E-state index contributed by atoms with van der Waals surface area (Å²) in [6.07, 6.45) is 13.4. The van der Waals surface area contributed by atoms with Crippen LogP contribution in [0.4, 0.5) is 0 Å². The molecule has 0 bridgehead atoms. The number of hydrogen-bond donors (Lipinski definition) is 1. The Kier molecular flexibility index (Phi) is 14.0. The van der Waals surface area contributed by atoms with E-state index in [4.69, 9.17) is 0 Å². The molecule has 0 aromatic carbocycles. The van der Waals surface area contributed by atoms with Crippen molar-refractivity contribution >= 4 is 21.8 Å². The maximum atomic E-state index is 10.9. The molecule has 0 saturated carbocycles. The molecule has 102 valence electrons. The molecular formula is C14H28BrNO. The predicted molar refractivity (Wildman–Crippen MR) is 78.6 cm³/mol. The van der Waals surface area contributed by atoms with Crippen LogP contribution in [-0.4, -0.2) is 17.8 Å². The molecule has 0 rings (SSSR count). The van der Waals surface area contributed by atoms with Gasteiger partial charge >= 0.3 is 0 Å². The van der Waals surface area contributed by atoms with Gasteiger partial charge in [-0.2, -0.15) is 0 Å². The highest BCUT2D eigenvalue weighted by molar-refractivity contribution is 9.09. The molecule has 0 spiro atoms. The molecular weight excluding hydrogens is 278 g/mol. The number of carbonyl (C=O) groups is 1. The summed E-state index contributed by atoms with van der Waals surface area (Å²) in [5, 5.41) is 3.29. The van der Waals surface area contributed by atoms with Crippen LogP contribution in [0.15, 0.2) is 0 Å². The SMILES string of the molecule is CCCCCCCCCCCCNC(=O)CBr. The maximum absolute atomic E-state index is 10.9. The maximum Gasteiger partial charge on any atom is 0.230 e. The summed E-state index contributed by atoms with van der Waals surface area (Å²) < 4.78 is 0. The van der Waals surface area contributed by atoms with E-state index in [-0.39, 0.29) is 5.91 Å². The van der Waals surface area contributed by atoms with Gasteiger partial charge in [0.25, 0.3) is 0 Å². The molecule has 0 aromatic heterocycles. The molecule has 0 heterocycles. The normalized spacial score (nSPS) is 10.5. The molecule has 0 aliphatic carbocycles. The van der Waals surface area contributed by atoms with Crippen molar-refractivity contribution in [3.05, 3.63) is 0 Å². The summed E-state index contributed by atoms with van der Waals surface area (Å²) in [6, 6.07) is 0. The lowest BCUT2D eigenvalue weighted by atomic mass is 10.1. The number of rotatable bonds is 12. The second-order valence-electron chi connectivity index (χ2n) is 4.67. The largest absolute Gasteiger partial charge is 0.355 e.